The van der Waals surface area contributed by atoms with Gasteiger partial charge in [-0.3, -0.25) is 10.1 Å². The second-order valence-corrected chi connectivity index (χ2v) is 2.47. The molecule has 3 N–H and O–H groups in total. The monoisotopic (exact) mass is 144 g/mol. The maximum atomic E-state index is 10.9. The van der Waals surface area contributed by atoms with Gasteiger partial charge in [-0.25, -0.2) is 0 Å². The summed E-state index contributed by atoms with van der Waals surface area (Å²) in [6.07, 6.45) is 1.36. The molecule has 4 heteroatoms. The number of carbonyl (C=O) groups is 1. The van der Waals surface area contributed by atoms with Gasteiger partial charge in [0.1, 0.15) is 0 Å². The highest BCUT2D eigenvalue weighted by Crippen LogP contribution is 2.14. The van der Waals surface area contributed by atoms with Crippen LogP contribution in [0.3, 0.4) is 0 Å². The van der Waals surface area contributed by atoms with Gasteiger partial charge in [-0.15, -0.1) is 0 Å². The van der Waals surface area contributed by atoms with Crippen LogP contribution in [0, 0.1) is 0 Å². The largest absolute Gasteiger partial charge is 0.367 e. The fourth-order valence-electron chi connectivity index (χ4n) is 1.13. The third-order valence-corrected chi connectivity index (χ3v) is 1.74. The summed E-state index contributed by atoms with van der Waals surface area (Å²) in [7, 11) is 1.51. The van der Waals surface area contributed by atoms with Gasteiger partial charge in [0.2, 0.25) is 0 Å². The first-order valence-corrected chi connectivity index (χ1v) is 3.38. The van der Waals surface area contributed by atoms with E-state index in [0.29, 0.717) is 13.0 Å². The lowest BCUT2D eigenvalue weighted by atomic mass is 10.1. The van der Waals surface area contributed by atoms with E-state index in [1.807, 2.05) is 0 Å². The lowest BCUT2D eigenvalue weighted by Crippen LogP contribution is -2.52. The van der Waals surface area contributed by atoms with E-state index in [1.54, 1.807) is 0 Å². The van der Waals surface area contributed by atoms with Crippen molar-refractivity contribution in [3.8, 4) is 0 Å². The summed E-state index contributed by atoms with van der Waals surface area (Å²) >= 11 is 0. The van der Waals surface area contributed by atoms with Crippen LogP contribution in [0.25, 0.3) is 0 Å². The molecule has 1 heterocycles. The molecular weight excluding hydrogens is 132 g/mol. The van der Waals surface area contributed by atoms with Crippen LogP contribution in [0.15, 0.2) is 0 Å². The van der Waals surface area contributed by atoms with Crippen LogP contribution in [-0.4, -0.2) is 30.3 Å². The SMILES string of the molecule is CNC(=O)C1(O)CCCN1. The lowest BCUT2D eigenvalue weighted by molar-refractivity contribution is -0.140. The normalized spacial score (nSPS) is 32.2. The first kappa shape index (κ1) is 7.50. The highest BCUT2D eigenvalue weighted by Gasteiger charge is 2.37. The molecule has 1 atom stereocenters. The van der Waals surface area contributed by atoms with Crippen molar-refractivity contribution in [3.05, 3.63) is 0 Å². The number of nitrogens with one attached hydrogen (secondary N) is 2. The summed E-state index contributed by atoms with van der Waals surface area (Å²) < 4.78 is 0. The number of rotatable bonds is 1. The van der Waals surface area contributed by atoms with Gasteiger partial charge in [-0.05, 0) is 13.0 Å². The molecule has 0 aromatic heterocycles. The van der Waals surface area contributed by atoms with Crippen molar-refractivity contribution in [2.45, 2.75) is 18.6 Å². The molecule has 0 spiro atoms. The third-order valence-electron chi connectivity index (χ3n) is 1.74. The molecule has 1 fully saturated rings. The van der Waals surface area contributed by atoms with Crippen LogP contribution in [0.4, 0.5) is 0 Å². The second-order valence-electron chi connectivity index (χ2n) is 2.47. The van der Waals surface area contributed by atoms with Crippen LogP contribution in [-0.2, 0) is 4.79 Å². The standard InChI is InChI=1S/C6H12N2O2/c1-7-5(9)6(10)3-2-4-8-6/h8,10H,2-4H2,1H3,(H,7,9). The van der Waals surface area contributed by atoms with Gasteiger partial charge in [-0.1, -0.05) is 0 Å². The molecule has 0 bridgehead atoms. The topological polar surface area (TPSA) is 61.4 Å². The number of likely N-dealkylation sites (N-methyl/N-ethyl adjacent to an activating group) is 1. The highest BCUT2D eigenvalue weighted by atomic mass is 16.3. The fourth-order valence-corrected chi connectivity index (χ4v) is 1.13. The predicted octanol–water partition coefficient (Wildman–Crippen LogP) is -1.20. The number of carbonyl (C=O) groups excluding carboxylic acids is 1. The molecule has 10 heavy (non-hydrogen) atoms. The zero-order valence-electron chi connectivity index (χ0n) is 5.98. The average molecular weight is 144 g/mol. The van der Waals surface area contributed by atoms with Crippen molar-refractivity contribution < 1.29 is 9.90 Å². The van der Waals surface area contributed by atoms with Crippen molar-refractivity contribution in [3.63, 3.8) is 0 Å². The molecule has 1 aliphatic heterocycles. The van der Waals surface area contributed by atoms with E-state index in [2.05, 4.69) is 10.6 Å². The Labute approximate surface area is 59.6 Å². The lowest BCUT2D eigenvalue weighted by Gasteiger charge is -2.19. The van der Waals surface area contributed by atoms with E-state index < -0.39 is 5.72 Å². The van der Waals surface area contributed by atoms with E-state index in [4.69, 9.17) is 0 Å². The Kier molecular flexibility index (Phi) is 1.92. The van der Waals surface area contributed by atoms with Gasteiger partial charge in [0.15, 0.2) is 5.72 Å². The Morgan fingerprint density at radius 3 is 2.90 bits per heavy atom. The Bertz CT molecular complexity index is 141. The Morgan fingerprint density at radius 1 is 1.80 bits per heavy atom. The van der Waals surface area contributed by atoms with Crippen molar-refractivity contribution in [2.24, 2.45) is 0 Å². The molecule has 0 aliphatic carbocycles. The van der Waals surface area contributed by atoms with Crippen molar-refractivity contribution in [1.29, 1.82) is 0 Å². The molecule has 0 saturated carbocycles. The zero-order chi connectivity index (χ0) is 7.61. The van der Waals surface area contributed by atoms with Gasteiger partial charge in [0.25, 0.3) is 5.91 Å². The minimum absolute atomic E-state index is 0.343. The molecule has 0 radical (unpaired) electrons. The third kappa shape index (κ3) is 1.12. The Morgan fingerprint density at radius 2 is 2.50 bits per heavy atom. The van der Waals surface area contributed by atoms with Crippen LogP contribution >= 0.6 is 0 Å². The van der Waals surface area contributed by atoms with Gasteiger partial charge >= 0.3 is 0 Å². The minimum Gasteiger partial charge on any atom is -0.367 e. The van der Waals surface area contributed by atoms with Crippen LogP contribution < -0.4 is 10.6 Å². The number of aliphatic hydroxyl groups is 1. The van der Waals surface area contributed by atoms with E-state index in [0.717, 1.165) is 6.42 Å². The van der Waals surface area contributed by atoms with E-state index in [-0.39, 0.29) is 5.91 Å². The van der Waals surface area contributed by atoms with E-state index >= 15 is 0 Å². The van der Waals surface area contributed by atoms with Crippen molar-refractivity contribution >= 4 is 5.91 Å². The molecule has 1 amide bonds. The molecule has 1 saturated heterocycles. The first-order valence-electron chi connectivity index (χ1n) is 3.38. The quantitative estimate of drug-likeness (QED) is 0.433. The summed E-state index contributed by atoms with van der Waals surface area (Å²) in [5, 5.41) is 14.6. The summed E-state index contributed by atoms with van der Waals surface area (Å²) in [6, 6.07) is 0. The van der Waals surface area contributed by atoms with Crippen LogP contribution in [0.5, 0.6) is 0 Å². The maximum absolute atomic E-state index is 10.9. The molecule has 0 aromatic rings. The molecule has 58 valence electrons. The van der Waals surface area contributed by atoms with Gasteiger partial charge < -0.3 is 10.4 Å². The second kappa shape index (κ2) is 2.56. The summed E-state index contributed by atoms with van der Waals surface area (Å²) in [6.45, 7) is 0.712. The van der Waals surface area contributed by atoms with Gasteiger partial charge in [-0.2, -0.15) is 0 Å². The molecule has 4 nitrogen and oxygen atoms in total. The average Bonchev–Trinajstić information content (AvgIpc) is 2.36. The Hall–Kier alpha value is -0.610. The molecular formula is C6H12N2O2. The summed E-state index contributed by atoms with van der Waals surface area (Å²) in [5.41, 5.74) is -1.30. The van der Waals surface area contributed by atoms with Crippen LogP contribution in [0.2, 0.25) is 0 Å². The number of hydrogen-bond donors (Lipinski definition) is 3. The molecule has 1 unspecified atom stereocenters. The first-order chi connectivity index (χ1) is 4.69. The van der Waals surface area contributed by atoms with Crippen LogP contribution in [0.1, 0.15) is 12.8 Å². The fraction of sp³-hybridized carbons (Fsp3) is 0.833. The zero-order valence-corrected chi connectivity index (χ0v) is 5.98. The molecule has 0 aromatic carbocycles. The predicted molar refractivity (Wildman–Crippen MR) is 36.3 cm³/mol. The summed E-state index contributed by atoms with van der Waals surface area (Å²) in [5.74, 6) is -0.343. The number of hydrogen-bond acceptors (Lipinski definition) is 3. The molecule has 1 aliphatic rings. The molecule has 1 rings (SSSR count). The van der Waals surface area contributed by atoms with E-state index in [9.17, 15) is 9.90 Å². The van der Waals surface area contributed by atoms with E-state index in [1.165, 1.54) is 7.05 Å². The van der Waals surface area contributed by atoms with Gasteiger partial charge in [0, 0.05) is 13.5 Å². The highest BCUT2D eigenvalue weighted by molar-refractivity contribution is 5.84. The maximum Gasteiger partial charge on any atom is 0.267 e. The smallest absolute Gasteiger partial charge is 0.267 e. The van der Waals surface area contributed by atoms with Crippen molar-refractivity contribution in [2.75, 3.05) is 13.6 Å². The van der Waals surface area contributed by atoms with Gasteiger partial charge in [0.05, 0.1) is 0 Å². The van der Waals surface area contributed by atoms with Crippen molar-refractivity contribution in [1.82, 2.24) is 10.6 Å². The summed E-state index contributed by atoms with van der Waals surface area (Å²) in [4.78, 5) is 10.9. The Balaban J connectivity index is 2.58. The minimum atomic E-state index is -1.30. The number of amides is 1.